The highest BCUT2D eigenvalue weighted by Gasteiger charge is 2.07. The van der Waals surface area contributed by atoms with Crippen molar-refractivity contribution < 1.29 is 13.9 Å². The van der Waals surface area contributed by atoms with Crippen LogP contribution < -0.4 is 15.8 Å². The summed E-state index contributed by atoms with van der Waals surface area (Å²) < 4.78 is 18.4. The minimum Gasteiger partial charge on any atom is -0.493 e. The molecule has 0 heterocycles. The Morgan fingerprint density at radius 1 is 1.17 bits per heavy atom. The lowest BCUT2D eigenvalue weighted by Gasteiger charge is -2.13. The SMILES string of the molecule is NC(CNC(=O)CCCOc1cccc(F)c1)c1ccccc1. The van der Waals surface area contributed by atoms with Crippen molar-refractivity contribution in [2.45, 2.75) is 18.9 Å². The van der Waals surface area contributed by atoms with E-state index in [0.717, 1.165) is 5.56 Å². The number of amides is 1. The summed E-state index contributed by atoms with van der Waals surface area (Å²) in [4.78, 5) is 11.8. The van der Waals surface area contributed by atoms with Gasteiger partial charge in [-0.15, -0.1) is 0 Å². The average molecular weight is 316 g/mol. The van der Waals surface area contributed by atoms with Crippen molar-refractivity contribution in [1.82, 2.24) is 5.32 Å². The number of ether oxygens (including phenoxy) is 1. The maximum atomic E-state index is 13.0. The summed E-state index contributed by atoms with van der Waals surface area (Å²) in [6.07, 6.45) is 0.903. The van der Waals surface area contributed by atoms with Gasteiger partial charge in [-0.05, 0) is 24.1 Å². The molecule has 0 saturated carbocycles. The molecule has 1 unspecified atom stereocenters. The standard InChI is InChI=1S/C18H21FN2O2/c19-15-8-4-9-16(12-15)23-11-5-10-18(22)21-13-17(20)14-6-2-1-3-7-14/h1-4,6-9,12,17H,5,10-11,13,20H2,(H,21,22). The molecular weight excluding hydrogens is 295 g/mol. The van der Waals surface area contributed by atoms with Gasteiger partial charge in [-0.1, -0.05) is 36.4 Å². The summed E-state index contributed by atoms with van der Waals surface area (Å²) in [5, 5.41) is 2.81. The van der Waals surface area contributed by atoms with Crippen molar-refractivity contribution in [2.75, 3.05) is 13.2 Å². The van der Waals surface area contributed by atoms with Crippen LogP contribution in [0.15, 0.2) is 54.6 Å². The number of nitrogens with two attached hydrogens (primary N) is 1. The third kappa shape index (κ3) is 6.08. The van der Waals surface area contributed by atoms with E-state index in [9.17, 15) is 9.18 Å². The highest BCUT2D eigenvalue weighted by Crippen LogP contribution is 2.12. The zero-order valence-electron chi connectivity index (χ0n) is 12.9. The summed E-state index contributed by atoms with van der Waals surface area (Å²) in [7, 11) is 0. The first-order chi connectivity index (χ1) is 11.1. The third-order valence-electron chi connectivity index (χ3n) is 3.36. The second-order valence-corrected chi connectivity index (χ2v) is 5.23. The largest absolute Gasteiger partial charge is 0.493 e. The van der Waals surface area contributed by atoms with Gasteiger partial charge in [0, 0.05) is 25.1 Å². The van der Waals surface area contributed by atoms with Gasteiger partial charge in [-0.3, -0.25) is 4.79 Å². The minimum atomic E-state index is -0.338. The fourth-order valence-electron chi connectivity index (χ4n) is 2.11. The molecule has 0 spiro atoms. The molecule has 0 aliphatic carbocycles. The Kier molecular flexibility index (Phi) is 6.56. The van der Waals surface area contributed by atoms with Gasteiger partial charge in [-0.2, -0.15) is 0 Å². The molecule has 5 heteroatoms. The summed E-state index contributed by atoms with van der Waals surface area (Å²) in [6.45, 7) is 0.759. The van der Waals surface area contributed by atoms with E-state index >= 15 is 0 Å². The first-order valence-corrected chi connectivity index (χ1v) is 7.61. The second-order valence-electron chi connectivity index (χ2n) is 5.23. The van der Waals surface area contributed by atoms with Crippen LogP contribution in [-0.2, 0) is 4.79 Å². The molecule has 0 saturated heterocycles. The van der Waals surface area contributed by atoms with Crippen molar-refractivity contribution in [3.05, 3.63) is 66.0 Å². The Bertz CT molecular complexity index is 619. The van der Waals surface area contributed by atoms with Crippen LogP contribution in [0.3, 0.4) is 0 Å². The van der Waals surface area contributed by atoms with E-state index in [0.29, 0.717) is 31.7 Å². The van der Waals surface area contributed by atoms with Gasteiger partial charge < -0.3 is 15.8 Å². The van der Waals surface area contributed by atoms with E-state index < -0.39 is 0 Å². The predicted molar refractivity (Wildman–Crippen MR) is 87.5 cm³/mol. The molecule has 0 aliphatic rings. The monoisotopic (exact) mass is 316 g/mol. The molecule has 0 radical (unpaired) electrons. The molecule has 4 nitrogen and oxygen atoms in total. The molecule has 1 atom stereocenters. The van der Waals surface area contributed by atoms with E-state index in [1.807, 2.05) is 30.3 Å². The first-order valence-electron chi connectivity index (χ1n) is 7.61. The molecular formula is C18H21FN2O2. The Labute approximate surface area is 135 Å². The zero-order valence-corrected chi connectivity index (χ0v) is 12.9. The van der Waals surface area contributed by atoms with Crippen LogP contribution in [0.2, 0.25) is 0 Å². The van der Waals surface area contributed by atoms with Crippen LogP contribution in [0.5, 0.6) is 5.75 Å². The van der Waals surface area contributed by atoms with Crippen molar-refractivity contribution in [1.29, 1.82) is 0 Å². The van der Waals surface area contributed by atoms with E-state index in [2.05, 4.69) is 5.32 Å². The molecule has 2 rings (SSSR count). The lowest BCUT2D eigenvalue weighted by Crippen LogP contribution is -2.31. The highest BCUT2D eigenvalue weighted by atomic mass is 19.1. The highest BCUT2D eigenvalue weighted by molar-refractivity contribution is 5.75. The molecule has 3 N–H and O–H groups in total. The number of halogens is 1. The fraction of sp³-hybridized carbons (Fsp3) is 0.278. The zero-order chi connectivity index (χ0) is 16.5. The van der Waals surface area contributed by atoms with E-state index in [1.54, 1.807) is 12.1 Å². The van der Waals surface area contributed by atoms with Crippen molar-refractivity contribution in [3.8, 4) is 5.75 Å². The van der Waals surface area contributed by atoms with E-state index in [-0.39, 0.29) is 17.8 Å². The van der Waals surface area contributed by atoms with Crippen LogP contribution in [0.1, 0.15) is 24.4 Å². The van der Waals surface area contributed by atoms with Gasteiger partial charge >= 0.3 is 0 Å². The topological polar surface area (TPSA) is 64.3 Å². The molecule has 1 amide bonds. The molecule has 0 aromatic heterocycles. The summed E-state index contributed by atoms with van der Waals surface area (Å²) in [6, 6.07) is 15.4. The van der Waals surface area contributed by atoms with Gasteiger partial charge in [-0.25, -0.2) is 4.39 Å². The Morgan fingerprint density at radius 3 is 2.70 bits per heavy atom. The smallest absolute Gasteiger partial charge is 0.220 e. The number of rotatable bonds is 8. The maximum absolute atomic E-state index is 13.0. The number of nitrogens with one attached hydrogen (secondary N) is 1. The predicted octanol–water partition coefficient (Wildman–Crippen LogP) is 2.80. The van der Waals surface area contributed by atoms with Crippen molar-refractivity contribution in [3.63, 3.8) is 0 Å². The first kappa shape index (κ1) is 17.0. The fourth-order valence-corrected chi connectivity index (χ4v) is 2.11. The Hall–Kier alpha value is -2.40. The number of hydrogen-bond donors (Lipinski definition) is 2. The molecule has 0 fully saturated rings. The minimum absolute atomic E-state index is 0.0702. The lowest BCUT2D eigenvalue weighted by atomic mass is 10.1. The van der Waals surface area contributed by atoms with Gasteiger partial charge in [0.05, 0.1) is 6.61 Å². The summed E-state index contributed by atoms with van der Waals surface area (Å²) in [5.74, 6) is 0.0610. The quantitative estimate of drug-likeness (QED) is 0.736. The normalized spacial score (nSPS) is 11.7. The van der Waals surface area contributed by atoms with Gasteiger partial charge in [0.25, 0.3) is 0 Å². The molecule has 23 heavy (non-hydrogen) atoms. The van der Waals surface area contributed by atoms with Crippen molar-refractivity contribution in [2.24, 2.45) is 5.73 Å². The molecule has 0 bridgehead atoms. The number of carbonyl (C=O) groups is 1. The van der Waals surface area contributed by atoms with Crippen LogP contribution >= 0.6 is 0 Å². The maximum Gasteiger partial charge on any atom is 0.220 e. The average Bonchev–Trinajstić information content (AvgIpc) is 2.57. The summed E-state index contributed by atoms with van der Waals surface area (Å²) in [5.41, 5.74) is 7.00. The van der Waals surface area contributed by atoms with Gasteiger partial charge in [0.15, 0.2) is 0 Å². The number of benzene rings is 2. The molecule has 0 aliphatic heterocycles. The second kappa shape index (κ2) is 8.90. The van der Waals surface area contributed by atoms with Gasteiger partial charge in [0.1, 0.15) is 11.6 Å². The van der Waals surface area contributed by atoms with Crippen molar-refractivity contribution >= 4 is 5.91 Å². The van der Waals surface area contributed by atoms with E-state index in [4.69, 9.17) is 10.5 Å². The Balaban J connectivity index is 1.62. The number of hydrogen-bond acceptors (Lipinski definition) is 3. The van der Waals surface area contributed by atoms with Crippen LogP contribution in [0.4, 0.5) is 4.39 Å². The Morgan fingerprint density at radius 2 is 1.96 bits per heavy atom. The molecule has 122 valence electrons. The van der Waals surface area contributed by atoms with Crippen LogP contribution in [0.25, 0.3) is 0 Å². The van der Waals surface area contributed by atoms with E-state index in [1.165, 1.54) is 12.1 Å². The lowest BCUT2D eigenvalue weighted by molar-refractivity contribution is -0.121. The van der Waals surface area contributed by atoms with Crippen LogP contribution in [0, 0.1) is 5.82 Å². The van der Waals surface area contributed by atoms with Gasteiger partial charge in [0.2, 0.25) is 5.91 Å². The number of carbonyl (C=O) groups excluding carboxylic acids is 1. The summed E-state index contributed by atoms with van der Waals surface area (Å²) >= 11 is 0. The molecule has 2 aromatic carbocycles. The van der Waals surface area contributed by atoms with Crippen LogP contribution in [-0.4, -0.2) is 19.1 Å². The third-order valence-corrected chi connectivity index (χ3v) is 3.36. The molecule has 2 aromatic rings.